The Balaban J connectivity index is 1.56. The molecule has 0 unspecified atom stereocenters. The zero-order valence-electron chi connectivity index (χ0n) is 20.2. The van der Waals surface area contributed by atoms with E-state index < -0.39 is 11.7 Å². The standard InChI is InChI=1S/C30H27FN2O2S/c1-18-27(30(35)33-23-10-6-9-22(31)17-23)28(20-11-13-24(36-2)14-12-20)29-25(32-18)15-21(16-26(29)34)19-7-4-3-5-8-19/h3-14,17,21,28,32H,15-16H2,1-2H3,(H,33,35)/t21-,28+/m1/s1. The Bertz CT molecular complexity index is 1380. The summed E-state index contributed by atoms with van der Waals surface area (Å²) in [5.41, 5.74) is 5.08. The minimum Gasteiger partial charge on any atom is -0.362 e. The normalized spacial score (nSPS) is 19.6. The number of carbonyl (C=O) groups excluding carboxylic acids is 2. The van der Waals surface area contributed by atoms with Gasteiger partial charge in [-0.2, -0.15) is 0 Å². The molecule has 0 radical (unpaired) electrons. The first kappa shape index (κ1) is 24.1. The van der Waals surface area contributed by atoms with Gasteiger partial charge in [0.25, 0.3) is 5.91 Å². The number of dihydropyridines is 1. The van der Waals surface area contributed by atoms with Crippen molar-refractivity contribution in [1.29, 1.82) is 0 Å². The number of hydrogen-bond acceptors (Lipinski definition) is 4. The number of halogens is 1. The first-order valence-corrected chi connectivity index (χ1v) is 13.2. The first-order valence-electron chi connectivity index (χ1n) is 11.9. The van der Waals surface area contributed by atoms with Gasteiger partial charge in [-0.15, -0.1) is 11.8 Å². The quantitative estimate of drug-likeness (QED) is 0.392. The maximum atomic E-state index is 13.8. The molecule has 1 aliphatic heterocycles. The highest BCUT2D eigenvalue weighted by molar-refractivity contribution is 7.98. The number of ketones is 1. The Kier molecular flexibility index (Phi) is 6.79. The first-order chi connectivity index (χ1) is 17.4. The lowest BCUT2D eigenvalue weighted by atomic mass is 9.71. The maximum Gasteiger partial charge on any atom is 0.254 e. The molecule has 2 aliphatic rings. The zero-order chi connectivity index (χ0) is 25.2. The molecule has 0 spiro atoms. The van der Waals surface area contributed by atoms with Crippen molar-refractivity contribution in [2.24, 2.45) is 0 Å². The molecule has 0 saturated carbocycles. The third kappa shape index (κ3) is 4.73. The summed E-state index contributed by atoms with van der Waals surface area (Å²) < 4.78 is 13.8. The van der Waals surface area contributed by atoms with E-state index in [4.69, 9.17) is 0 Å². The summed E-state index contributed by atoms with van der Waals surface area (Å²) in [6.07, 6.45) is 3.10. The van der Waals surface area contributed by atoms with Crippen molar-refractivity contribution in [2.75, 3.05) is 11.6 Å². The van der Waals surface area contributed by atoms with E-state index in [-0.39, 0.29) is 17.6 Å². The van der Waals surface area contributed by atoms with Gasteiger partial charge >= 0.3 is 0 Å². The lowest BCUT2D eigenvalue weighted by molar-refractivity contribution is -0.116. The Hall–Kier alpha value is -3.64. The molecule has 2 atom stereocenters. The molecule has 0 fully saturated rings. The van der Waals surface area contributed by atoms with Crippen LogP contribution >= 0.6 is 11.8 Å². The third-order valence-electron chi connectivity index (χ3n) is 6.87. The molecule has 2 N–H and O–H groups in total. The van der Waals surface area contributed by atoms with Crippen LogP contribution in [0.25, 0.3) is 0 Å². The van der Waals surface area contributed by atoms with Crippen LogP contribution in [0.1, 0.15) is 42.7 Å². The Morgan fingerprint density at radius 1 is 0.972 bits per heavy atom. The lowest BCUT2D eigenvalue weighted by Gasteiger charge is -2.37. The predicted molar refractivity (Wildman–Crippen MR) is 142 cm³/mol. The third-order valence-corrected chi connectivity index (χ3v) is 7.62. The molecule has 0 bridgehead atoms. The van der Waals surface area contributed by atoms with Crippen molar-refractivity contribution < 1.29 is 14.0 Å². The van der Waals surface area contributed by atoms with Gasteiger partial charge in [0.05, 0.1) is 0 Å². The van der Waals surface area contributed by atoms with Gasteiger partial charge in [-0.05, 0) is 67.0 Å². The highest BCUT2D eigenvalue weighted by Crippen LogP contribution is 2.45. The summed E-state index contributed by atoms with van der Waals surface area (Å²) in [5, 5.41) is 6.23. The van der Waals surface area contributed by atoms with Crippen LogP contribution in [-0.4, -0.2) is 17.9 Å². The molecule has 3 aromatic rings. The summed E-state index contributed by atoms with van der Waals surface area (Å²) in [5.74, 6) is -1.16. The van der Waals surface area contributed by atoms with Gasteiger partial charge < -0.3 is 10.6 Å². The van der Waals surface area contributed by atoms with Gasteiger partial charge in [0, 0.05) is 45.5 Å². The number of benzene rings is 3. The van der Waals surface area contributed by atoms with Crippen molar-refractivity contribution in [3.8, 4) is 0 Å². The van der Waals surface area contributed by atoms with Crippen LogP contribution in [0.4, 0.5) is 10.1 Å². The molecule has 1 aliphatic carbocycles. The minimum absolute atomic E-state index is 0.0418. The SMILES string of the molecule is CSc1ccc([C@H]2C(C(=O)Nc3cccc(F)c3)=C(C)NC3=C2C(=O)C[C@H](c2ccccc2)C3)cc1. The van der Waals surface area contributed by atoms with Crippen LogP contribution in [-0.2, 0) is 9.59 Å². The van der Waals surface area contributed by atoms with Gasteiger partial charge in [-0.3, -0.25) is 9.59 Å². The minimum atomic E-state index is -0.505. The van der Waals surface area contributed by atoms with E-state index in [0.717, 1.165) is 21.7 Å². The summed E-state index contributed by atoms with van der Waals surface area (Å²) in [7, 11) is 0. The molecular formula is C30H27FN2O2S. The molecular weight excluding hydrogens is 471 g/mol. The van der Waals surface area contributed by atoms with E-state index in [1.807, 2.05) is 55.6 Å². The number of Topliss-reactive ketones (excluding diaryl/α,β-unsaturated/α-hetero) is 1. The average molecular weight is 499 g/mol. The van der Waals surface area contributed by atoms with Crippen LogP contribution in [0.15, 0.2) is 106 Å². The Morgan fingerprint density at radius 2 is 1.72 bits per heavy atom. The van der Waals surface area contributed by atoms with E-state index >= 15 is 0 Å². The van der Waals surface area contributed by atoms with Crippen molar-refractivity contribution in [1.82, 2.24) is 5.32 Å². The van der Waals surface area contributed by atoms with Crippen LogP contribution in [0.2, 0.25) is 0 Å². The summed E-state index contributed by atoms with van der Waals surface area (Å²) in [6.45, 7) is 1.87. The molecule has 1 amide bonds. The van der Waals surface area contributed by atoms with Crippen molar-refractivity contribution in [3.63, 3.8) is 0 Å². The van der Waals surface area contributed by atoms with E-state index in [0.29, 0.717) is 35.4 Å². The second kappa shape index (κ2) is 10.2. The molecule has 6 heteroatoms. The van der Waals surface area contributed by atoms with Gasteiger partial charge in [0.15, 0.2) is 5.78 Å². The smallest absolute Gasteiger partial charge is 0.254 e. The van der Waals surface area contributed by atoms with Crippen molar-refractivity contribution >= 4 is 29.1 Å². The molecule has 182 valence electrons. The summed E-state index contributed by atoms with van der Waals surface area (Å²) >= 11 is 1.64. The van der Waals surface area contributed by atoms with Crippen LogP contribution in [0.3, 0.4) is 0 Å². The molecule has 5 rings (SSSR count). The predicted octanol–water partition coefficient (Wildman–Crippen LogP) is 6.55. The van der Waals surface area contributed by atoms with Gasteiger partial charge in [-0.25, -0.2) is 4.39 Å². The zero-order valence-corrected chi connectivity index (χ0v) is 21.0. The lowest BCUT2D eigenvalue weighted by Crippen LogP contribution is -2.37. The number of thioether (sulfide) groups is 1. The second-order valence-corrected chi connectivity index (χ2v) is 10.0. The number of allylic oxidation sites excluding steroid dienone is 3. The largest absolute Gasteiger partial charge is 0.362 e. The monoisotopic (exact) mass is 498 g/mol. The van der Waals surface area contributed by atoms with Crippen LogP contribution in [0.5, 0.6) is 0 Å². The van der Waals surface area contributed by atoms with Crippen molar-refractivity contribution in [2.45, 2.75) is 36.5 Å². The number of carbonyl (C=O) groups is 2. The molecule has 1 heterocycles. The van der Waals surface area contributed by atoms with Crippen LogP contribution < -0.4 is 10.6 Å². The van der Waals surface area contributed by atoms with Crippen LogP contribution in [0, 0.1) is 5.82 Å². The number of rotatable bonds is 5. The van der Waals surface area contributed by atoms with Gasteiger partial charge in [-0.1, -0.05) is 48.5 Å². The number of hydrogen-bond donors (Lipinski definition) is 2. The van der Waals surface area contributed by atoms with Gasteiger partial charge in [0.1, 0.15) is 5.82 Å². The molecule has 3 aromatic carbocycles. The van der Waals surface area contributed by atoms with Gasteiger partial charge in [0.2, 0.25) is 0 Å². The average Bonchev–Trinajstić information content (AvgIpc) is 2.88. The highest BCUT2D eigenvalue weighted by Gasteiger charge is 2.40. The Labute approximate surface area is 214 Å². The molecule has 36 heavy (non-hydrogen) atoms. The van der Waals surface area contributed by atoms with E-state index in [1.54, 1.807) is 23.9 Å². The van der Waals surface area contributed by atoms with E-state index in [1.165, 1.54) is 12.1 Å². The fraction of sp³-hybridized carbons (Fsp3) is 0.200. The molecule has 4 nitrogen and oxygen atoms in total. The fourth-order valence-corrected chi connectivity index (χ4v) is 5.60. The van der Waals surface area contributed by atoms with Crippen molar-refractivity contribution in [3.05, 3.63) is 118 Å². The summed E-state index contributed by atoms with van der Waals surface area (Å²) in [4.78, 5) is 28.4. The molecule has 0 aromatic heterocycles. The highest BCUT2D eigenvalue weighted by atomic mass is 32.2. The number of anilines is 1. The number of nitrogens with one attached hydrogen (secondary N) is 2. The van der Waals surface area contributed by atoms with E-state index in [9.17, 15) is 14.0 Å². The fourth-order valence-electron chi connectivity index (χ4n) is 5.20. The second-order valence-electron chi connectivity index (χ2n) is 9.17. The van der Waals surface area contributed by atoms with E-state index in [2.05, 4.69) is 22.8 Å². The maximum absolute atomic E-state index is 13.8. The molecule has 0 saturated heterocycles. The Morgan fingerprint density at radius 3 is 2.42 bits per heavy atom. The summed E-state index contributed by atoms with van der Waals surface area (Å²) in [6, 6.07) is 23.9. The number of amides is 1. The topological polar surface area (TPSA) is 58.2 Å².